The molecule has 4 rings (SSSR count). The number of phenolic OH excluding ortho intramolecular Hbond substituents is 4. The lowest BCUT2D eigenvalue weighted by atomic mass is 9.92. The summed E-state index contributed by atoms with van der Waals surface area (Å²) in [5, 5.41) is 42.5. The van der Waals surface area contributed by atoms with Gasteiger partial charge in [-0.05, 0) is 92.4 Å². The Kier molecular flexibility index (Phi) is 8.62. The SMILES string of the molecule is CC(C)=CCC/C(C)=C/Cc1c2c(c(O)c3c(=O)c(CC=C(C)C)c(-c4cc(O)c(O)cc4O)oc13)C=CC(C)(C)O2. The third-order valence-corrected chi connectivity index (χ3v) is 7.31. The summed E-state index contributed by atoms with van der Waals surface area (Å²) >= 11 is 0. The monoisotopic (exact) mass is 572 g/mol. The van der Waals surface area contributed by atoms with Crippen LogP contribution in [0.25, 0.3) is 28.4 Å². The summed E-state index contributed by atoms with van der Waals surface area (Å²) < 4.78 is 12.8. The third kappa shape index (κ3) is 6.25. The zero-order valence-corrected chi connectivity index (χ0v) is 25.4. The van der Waals surface area contributed by atoms with Crippen molar-refractivity contribution in [2.24, 2.45) is 0 Å². The molecule has 0 saturated heterocycles. The van der Waals surface area contributed by atoms with E-state index in [0.29, 0.717) is 23.3 Å². The van der Waals surface area contributed by atoms with E-state index < -0.39 is 22.5 Å². The van der Waals surface area contributed by atoms with E-state index in [4.69, 9.17) is 9.15 Å². The Bertz CT molecular complexity index is 1720. The van der Waals surface area contributed by atoms with Crippen molar-refractivity contribution in [1.29, 1.82) is 0 Å². The van der Waals surface area contributed by atoms with Gasteiger partial charge in [0.2, 0.25) is 5.43 Å². The maximum Gasteiger partial charge on any atom is 0.200 e. The molecular formula is C35H40O7. The van der Waals surface area contributed by atoms with Gasteiger partial charge in [-0.15, -0.1) is 0 Å². The molecule has 0 amide bonds. The summed E-state index contributed by atoms with van der Waals surface area (Å²) in [5.74, 6) is -1.13. The van der Waals surface area contributed by atoms with Crippen LogP contribution in [-0.4, -0.2) is 26.0 Å². The second-order valence-corrected chi connectivity index (χ2v) is 12.0. The van der Waals surface area contributed by atoms with Gasteiger partial charge in [-0.1, -0.05) is 34.9 Å². The Morgan fingerprint density at radius 2 is 1.50 bits per heavy atom. The lowest BCUT2D eigenvalue weighted by Crippen LogP contribution is -2.28. The van der Waals surface area contributed by atoms with Crippen LogP contribution in [0.4, 0.5) is 0 Å². The molecule has 0 bridgehead atoms. The van der Waals surface area contributed by atoms with E-state index >= 15 is 0 Å². The fourth-order valence-corrected chi connectivity index (χ4v) is 4.97. The summed E-state index contributed by atoms with van der Waals surface area (Å²) in [6, 6.07) is 2.16. The molecule has 222 valence electrons. The van der Waals surface area contributed by atoms with Crippen LogP contribution in [0, 0.1) is 0 Å². The third-order valence-electron chi connectivity index (χ3n) is 7.31. The van der Waals surface area contributed by atoms with E-state index in [0.717, 1.165) is 36.1 Å². The first-order chi connectivity index (χ1) is 19.7. The van der Waals surface area contributed by atoms with Crippen molar-refractivity contribution >= 4 is 17.0 Å². The van der Waals surface area contributed by atoms with Gasteiger partial charge < -0.3 is 29.6 Å². The molecule has 0 spiro atoms. The molecule has 0 fully saturated rings. The number of fused-ring (bicyclic) bond motifs is 2. The Labute approximate surface area is 246 Å². The van der Waals surface area contributed by atoms with Crippen molar-refractivity contribution in [3.8, 4) is 40.1 Å². The van der Waals surface area contributed by atoms with Gasteiger partial charge in [0, 0.05) is 17.2 Å². The van der Waals surface area contributed by atoms with Crippen LogP contribution in [-0.2, 0) is 12.8 Å². The van der Waals surface area contributed by atoms with Crippen LogP contribution in [0.15, 0.2) is 62.4 Å². The maximum atomic E-state index is 14.2. The van der Waals surface area contributed by atoms with Crippen molar-refractivity contribution in [2.45, 2.75) is 79.8 Å². The molecule has 7 heteroatoms. The number of aromatic hydroxyl groups is 4. The van der Waals surface area contributed by atoms with Gasteiger partial charge in [-0.2, -0.15) is 0 Å². The average Bonchev–Trinajstić information content (AvgIpc) is 2.88. The highest BCUT2D eigenvalue weighted by Gasteiger charge is 2.32. The Morgan fingerprint density at radius 1 is 0.857 bits per heavy atom. The van der Waals surface area contributed by atoms with Gasteiger partial charge in [0.1, 0.15) is 39.6 Å². The smallest absolute Gasteiger partial charge is 0.200 e. The van der Waals surface area contributed by atoms with E-state index in [1.165, 1.54) is 5.57 Å². The van der Waals surface area contributed by atoms with Gasteiger partial charge in [-0.3, -0.25) is 4.79 Å². The second kappa shape index (κ2) is 11.8. The number of hydrogen-bond acceptors (Lipinski definition) is 7. The highest BCUT2D eigenvalue weighted by atomic mass is 16.5. The molecular weight excluding hydrogens is 532 g/mol. The normalized spacial score (nSPS) is 13.9. The van der Waals surface area contributed by atoms with Crippen molar-refractivity contribution in [2.75, 3.05) is 0 Å². The fourth-order valence-electron chi connectivity index (χ4n) is 4.97. The van der Waals surface area contributed by atoms with Crippen LogP contribution in [0.3, 0.4) is 0 Å². The molecule has 0 unspecified atom stereocenters. The van der Waals surface area contributed by atoms with Crippen molar-refractivity contribution in [3.63, 3.8) is 0 Å². The van der Waals surface area contributed by atoms with E-state index in [9.17, 15) is 25.2 Å². The molecule has 3 aromatic rings. The molecule has 1 aliphatic rings. The molecule has 0 saturated carbocycles. The Balaban J connectivity index is 2.07. The van der Waals surface area contributed by atoms with Gasteiger partial charge in [0.15, 0.2) is 11.5 Å². The average molecular weight is 573 g/mol. The van der Waals surface area contributed by atoms with Crippen LogP contribution in [0.1, 0.15) is 78.0 Å². The minimum absolute atomic E-state index is 0.0238. The van der Waals surface area contributed by atoms with Crippen molar-refractivity contribution in [3.05, 3.63) is 80.1 Å². The first-order valence-corrected chi connectivity index (χ1v) is 14.1. The lowest BCUT2D eigenvalue weighted by molar-refractivity contribution is 0.157. The lowest BCUT2D eigenvalue weighted by Gasteiger charge is -2.30. The van der Waals surface area contributed by atoms with Gasteiger partial charge in [0.05, 0.1) is 11.1 Å². The van der Waals surface area contributed by atoms with Crippen LogP contribution < -0.4 is 10.2 Å². The molecule has 4 N–H and O–H groups in total. The number of ether oxygens (including phenoxy) is 1. The largest absolute Gasteiger partial charge is 0.507 e. The molecule has 2 heterocycles. The predicted molar refractivity (Wildman–Crippen MR) is 168 cm³/mol. The predicted octanol–water partition coefficient (Wildman–Crippen LogP) is 8.21. The van der Waals surface area contributed by atoms with Crippen LogP contribution in [0.2, 0.25) is 0 Å². The maximum absolute atomic E-state index is 14.2. The summed E-state index contributed by atoms with van der Waals surface area (Å²) in [5.41, 5.74) is 3.61. The molecule has 42 heavy (non-hydrogen) atoms. The highest BCUT2D eigenvalue weighted by molar-refractivity contribution is 5.95. The zero-order valence-electron chi connectivity index (χ0n) is 25.4. The van der Waals surface area contributed by atoms with Crippen LogP contribution in [0.5, 0.6) is 28.7 Å². The minimum Gasteiger partial charge on any atom is -0.507 e. The molecule has 0 radical (unpaired) electrons. The van der Waals surface area contributed by atoms with E-state index in [2.05, 4.69) is 32.9 Å². The van der Waals surface area contributed by atoms with Gasteiger partial charge in [0.25, 0.3) is 0 Å². The van der Waals surface area contributed by atoms with Gasteiger partial charge in [-0.25, -0.2) is 0 Å². The van der Waals surface area contributed by atoms with Crippen molar-refractivity contribution in [1.82, 2.24) is 0 Å². The van der Waals surface area contributed by atoms with E-state index in [1.54, 1.807) is 6.08 Å². The molecule has 2 aromatic carbocycles. The fraction of sp³-hybridized carbons (Fsp3) is 0.343. The number of hydrogen-bond donors (Lipinski definition) is 4. The van der Waals surface area contributed by atoms with Crippen LogP contribution >= 0.6 is 0 Å². The standard InChI is InChI=1S/C35H40O7/c1-19(2)9-8-10-21(5)12-14-24-33-23(15-16-35(6,7)42-33)31(40)29-30(39)22(13-11-20(3)4)32(41-34(24)29)25-17-27(37)28(38)18-26(25)36/h9,11-12,15-18,36-38,40H,8,10,13-14H2,1-7H3/b21-12+. The zero-order chi connectivity index (χ0) is 30.9. The van der Waals surface area contributed by atoms with E-state index in [-0.39, 0.29) is 45.8 Å². The Morgan fingerprint density at radius 3 is 2.17 bits per heavy atom. The summed E-state index contributed by atoms with van der Waals surface area (Å²) in [7, 11) is 0. The van der Waals surface area contributed by atoms with E-state index in [1.807, 2.05) is 39.8 Å². The summed E-state index contributed by atoms with van der Waals surface area (Å²) in [6.45, 7) is 13.8. The van der Waals surface area contributed by atoms with Crippen molar-refractivity contribution < 1.29 is 29.6 Å². The molecule has 1 aliphatic heterocycles. The number of benzene rings is 2. The van der Waals surface area contributed by atoms with Gasteiger partial charge >= 0.3 is 0 Å². The second-order valence-electron chi connectivity index (χ2n) is 12.0. The summed E-state index contributed by atoms with van der Waals surface area (Å²) in [4.78, 5) is 14.2. The first-order valence-electron chi connectivity index (χ1n) is 14.1. The molecule has 0 atom stereocenters. The highest BCUT2D eigenvalue weighted by Crippen LogP contribution is 2.47. The topological polar surface area (TPSA) is 120 Å². The number of rotatable bonds is 8. The molecule has 0 aliphatic carbocycles. The molecule has 7 nitrogen and oxygen atoms in total. The Hall–Kier alpha value is -4.39. The summed E-state index contributed by atoms with van der Waals surface area (Å²) in [6.07, 6.45) is 12.0. The number of phenols is 4. The molecule has 1 aromatic heterocycles. The first kappa shape index (κ1) is 30.6. The minimum atomic E-state index is -0.669. The quantitative estimate of drug-likeness (QED) is 0.122. The number of allylic oxidation sites excluding steroid dienone is 6.